The zero-order valence-electron chi connectivity index (χ0n) is 15.0. The summed E-state index contributed by atoms with van der Waals surface area (Å²) in [5, 5.41) is 32.5. The van der Waals surface area contributed by atoms with Gasteiger partial charge in [0.05, 0.1) is 13.2 Å². The van der Waals surface area contributed by atoms with Crippen molar-refractivity contribution in [1.82, 2.24) is 10.2 Å². The summed E-state index contributed by atoms with van der Waals surface area (Å²) >= 11 is 4.92. The Labute approximate surface area is 167 Å². The van der Waals surface area contributed by atoms with Gasteiger partial charge in [0.25, 0.3) is 11.8 Å². The lowest BCUT2D eigenvalue weighted by Gasteiger charge is -2.29. The highest BCUT2D eigenvalue weighted by Crippen LogP contribution is 2.13. The maximum Gasteiger partial charge on any atom is 0.265 e. The number of aliphatic hydroxyl groups excluding tert-OH is 3. The van der Waals surface area contributed by atoms with Crippen LogP contribution in [-0.4, -0.2) is 68.6 Å². The van der Waals surface area contributed by atoms with E-state index >= 15 is 0 Å². The van der Waals surface area contributed by atoms with E-state index in [0.29, 0.717) is 0 Å². The van der Waals surface area contributed by atoms with E-state index in [2.05, 4.69) is 11.9 Å². The number of carbonyl (C=O) groups excluding carboxylic acids is 2. The van der Waals surface area contributed by atoms with Gasteiger partial charge in [-0.25, -0.2) is 0 Å². The molecule has 1 heterocycles. The molecule has 1 aromatic rings. The monoisotopic (exact) mass is 406 g/mol. The summed E-state index contributed by atoms with van der Waals surface area (Å²) < 4.78 is 5.32. The average molecular weight is 406 g/mol. The highest BCUT2D eigenvalue weighted by molar-refractivity contribution is 7.80. The van der Waals surface area contributed by atoms with E-state index in [4.69, 9.17) is 17.0 Å². The van der Waals surface area contributed by atoms with Crippen molar-refractivity contribution in [1.29, 1.82) is 0 Å². The number of benzene rings is 1. The summed E-state index contributed by atoms with van der Waals surface area (Å²) in [7, 11) is 0. The molecule has 8 nitrogen and oxygen atoms in total. The first-order chi connectivity index (χ1) is 13.3. The standard InChI is InChI=1S/C19H22N2O6S/c1-2-8-21-18(26)13(17(25)20-19(21)28)9-14(22)16(24)15(23)11-27-10-12-6-4-3-5-7-12/h2-7,9,14-16,22-24H,1,8,10-11H2,(H,20,25,28)/b13-9+/t14-,15+,16-/m0/s1. The number of hydrogen-bond acceptors (Lipinski definition) is 7. The zero-order chi connectivity index (χ0) is 20.7. The van der Waals surface area contributed by atoms with Crippen molar-refractivity contribution in [3.63, 3.8) is 0 Å². The minimum atomic E-state index is -1.67. The number of hydrogen-bond donors (Lipinski definition) is 4. The van der Waals surface area contributed by atoms with Gasteiger partial charge in [0.1, 0.15) is 23.9 Å². The molecule has 150 valence electrons. The highest BCUT2D eigenvalue weighted by Gasteiger charge is 2.34. The largest absolute Gasteiger partial charge is 0.388 e. The second-order valence-corrected chi connectivity index (χ2v) is 6.48. The van der Waals surface area contributed by atoms with Gasteiger partial charge in [0, 0.05) is 6.54 Å². The number of thiocarbonyl (C=S) groups is 1. The molecule has 1 fully saturated rings. The van der Waals surface area contributed by atoms with E-state index in [0.717, 1.165) is 16.5 Å². The van der Waals surface area contributed by atoms with Gasteiger partial charge in [0.2, 0.25) is 0 Å². The zero-order valence-corrected chi connectivity index (χ0v) is 15.8. The van der Waals surface area contributed by atoms with Gasteiger partial charge in [-0.15, -0.1) is 6.58 Å². The maximum absolute atomic E-state index is 12.4. The number of nitrogens with zero attached hydrogens (tertiary/aromatic N) is 1. The Hall–Kier alpha value is -2.43. The fourth-order valence-electron chi connectivity index (χ4n) is 2.48. The lowest BCUT2D eigenvalue weighted by molar-refractivity contribution is -0.129. The van der Waals surface area contributed by atoms with E-state index < -0.39 is 30.1 Å². The van der Waals surface area contributed by atoms with Crippen LogP contribution in [0.25, 0.3) is 0 Å². The maximum atomic E-state index is 12.4. The van der Waals surface area contributed by atoms with E-state index in [1.54, 1.807) is 0 Å². The van der Waals surface area contributed by atoms with Gasteiger partial charge in [0.15, 0.2) is 5.11 Å². The summed E-state index contributed by atoms with van der Waals surface area (Å²) in [5.41, 5.74) is 0.494. The molecule has 1 aromatic carbocycles. The van der Waals surface area contributed by atoms with E-state index in [1.807, 2.05) is 30.3 Å². The Bertz CT molecular complexity index is 767. The molecule has 1 aliphatic heterocycles. The molecule has 4 N–H and O–H groups in total. The van der Waals surface area contributed by atoms with Crippen molar-refractivity contribution >= 4 is 29.1 Å². The Morgan fingerprint density at radius 3 is 2.54 bits per heavy atom. The Balaban J connectivity index is 1.97. The van der Waals surface area contributed by atoms with Gasteiger partial charge in [-0.05, 0) is 23.9 Å². The molecule has 3 atom stereocenters. The second kappa shape index (κ2) is 10.2. The topological polar surface area (TPSA) is 119 Å². The number of aliphatic hydroxyl groups is 3. The van der Waals surface area contributed by atoms with Crippen LogP contribution >= 0.6 is 12.2 Å². The van der Waals surface area contributed by atoms with Gasteiger partial charge in [-0.3, -0.25) is 19.8 Å². The van der Waals surface area contributed by atoms with Crippen LogP contribution in [0.1, 0.15) is 5.56 Å². The highest BCUT2D eigenvalue weighted by atomic mass is 32.1. The molecular formula is C19H22N2O6S. The number of amides is 2. The molecule has 0 unspecified atom stereocenters. The van der Waals surface area contributed by atoms with Crippen molar-refractivity contribution < 1.29 is 29.6 Å². The van der Waals surface area contributed by atoms with Crippen LogP contribution in [0.15, 0.2) is 54.6 Å². The number of ether oxygens (including phenoxy) is 1. The first-order valence-electron chi connectivity index (χ1n) is 8.51. The fraction of sp³-hybridized carbons (Fsp3) is 0.316. The lowest BCUT2D eigenvalue weighted by atomic mass is 10.0. The third-order valence-corrected chi connectivity index (χ3v) is 4.30. The quantitative estimate of drug-likeness (QED) is 0.191. The van der Waals surface area contributed by atoms with Gasteiger partial charge < -0.3 is 20.1 Å². The van der Waals surface area contributed by atoms with Gasteiger partial charge in [-0.1, -0.05) is 36.4 Å². The molecule has 0 aromatic heterocycles. The predicted molar refractivity (Wildman–Crippen MR) is 105 cm³/mol. The summed E-state index contributed by atoms with van der Waals surface area (Å²) in [5.74, 6) is -1.52. The molecule has 0 spiro atoms. The van der Waals surface area contributed by atoms with Crippen molar-refractivity contribution in [3.05, 3.63) is 60.2 Å². The molecule has 1 saturated heterocycles. The van der Waals surface area contributed by atoms with E-state index in [9.17, 15) is 24.9 Å². The van der Waals surface area contributed by atoms with Crippen LogP contribution in [0.2, 0.25) is 0 Å². The third kappa shape index (κ3) is 5.54. The summed E-state index contributed by atoms with van der Waals surface area (Å²) in [6.07, 6.45) is -2.44. The van der Waals surface area contributed by atoms with Crippen molar-refractivity contribution in [2.75, 3.05) is 13.2 Å². The molecule has 0 aliphatic carbocycles. The summed E-state index contributed by atoms with van der Waals surface area (Å²) in [4.78, 5) is 25.5. The van der Waals surface area contributed by atoms with Crippen LogP contribution in [0.4, 0.5) is 0 Å². The fourth-order valence-corrected chi connectivity index (χ4v) is 2.73. The Morgan fingerprint density at radius 1 is 1.21 bits per heavy atom. The van der Waals surface area contributed by atoms with Gasteiger partial charge >= 0.3 is 0 Å². The molecule has 2 rings (SSSR count). The molecule has 1 aliphatic rings. The Morgan fingerprint density at radius 2 is 1.89 bits per heavy atom. The normalized spacial score (nSPS) is 19.3. The summed E-state index contributed by atoms with van der Waals surface area (Å²) in [6, 6.07) is 9.22. The second-order valence-electron chi connectivity index (χ2n) is 6.09. The van der Waals surface area contributed by atoms with Gasteiger partial charge in [-0.2, -0.15) is 0 Å². The molecule has 9 heteroatoms. The van der Waals surface area contributed by atoms with E-state index in [1.165, 1.54) is 6.08 Å². The average Bonchev–Trinajstić information content (AvgIpc) is 2.68. The summed E-state index contributed by atoms with van der Waals surface area (Å²) in [6.45, 7) is 3.55. The number of rotatable bonds is 9. The van der Waals surface area contributed by atoms with Crippen LogP contribution < -0.4 is 5.32 Å². The number of carbonyl (C=O) groups is 2. The van der Waals surface area contributed by atoms with Crippen LogP contribution in [0, 0.1) is 0 Å². The molecular weight excluding hydrogens is 384 g/mol. The molecule has 28 heavy (non-hydrogen) atoms. The van der Waals surface area contributed by atoms with Crippen molar-refractivity contribution in [3.8, 4) is 0 Å². The molecule has 0 radical (unpaired) electrons. The SMILES string of the molecule is C=CCN1C(=O)/C(=C/[C@H](O)[C@H](O)[C@H](O)COCc2ccccc2)C(=O)NC1=S. The first-order valence-corrected chi connectivity index (χ1v) is 8.91. The molecule has 0 saturated carbocycles. The first kappa shape index (κ1) is 21.9. The van der Waals surface area contributed by atoms with Crippen LogP contribution in [0.3, 0.4) is 0 Å². The minimum absolute atomic E-state index is 0.0727. The minimum Gasteiger partial charge on any atom is -0.388 e. The van der Waals surface area contributed by atoms with E-state index in [-0.39, 0.29) is 30.4 Å². The Kier molecular flexibility index (Phi) is 7.97. The van der Waals surface area contributed by atoms with Crippen molar-refractivity contribution in [2.24, 2.45) is 0 Å². The lowest BCUT2D eigenvalue weighted by Crippen LogP contribution is -2.54. The third-order valence-electron chi connectivity index (χ3n) is 3.98. The smallest absolute Gasteiger partial charge is 0.265 e. The van der Waals surface area contributed by atoms with Crippen molar-refractivity contribution in [2.45, 2.75) is 24.9 Å². The number of nitrogens with one attached hydrogen (secondary N) is 1. The predicted octanol–water partition coefficient (Wildman–Crippen LogP) is -0.358. The molecule has 2 amide bonds. The molecule has 0 bridgehead atoms. The van der Waals surface area contributed by atoms with Crippen LogP contribution in [0.5, 0.6) is 0 Å². The van der Waals surface area contributed by atoms with Crippen LogP contribution in [-0.2, 0) is 20.9 Å².